The molecule has 1 aromatic rings. The summed E-state index contributed by atoms with van der Waals surface area (Å²) in [6.07, 6.45) is 4.00. The number of benzene rings is 1. The zero-order valence-electron chi connectivity index (χ0n) is 7.00. The van der Waals surface area contributed by atoms with Crippen molar-refractivity contribution in [2.45, 2.75) is 6.42 Å². The Balaban J connectivity index is 2.81. The van der Waals surface area contributed by atoms with Crippen LogP contribution in [-0.4, -0.2) is 11.7 Å². The Bertz CT molecular complexity index is 310. The van der Waals surface area contributed by atoms with E-state index < -0.39 is 0 Å². The van der Waals surface area contributed by atoms with Crippen LogP contribution in [0.15, 0.2) is 24.3 Å². The first kappa shape index (κ1) is 10.2. The third kappa shape index (κ3) is 3.17. The Morgan fingerprint density at radius 2 is 2.23 bits per heavy atom. The number of aliphatic hydroxyl groups is 1. The van der Waals surface area contributed by atoms with Crippen molar-refractivity contribution in [2.75, 3.05) is 6.61 Å². The molecule has 0 atom stereocenters. The van der Waals surface area contributed by atoms with Gasteiger partial charge in [-0.25, -0.2) is 4.39 Å². The molecule has 0 unspecified atom stereocenters. The van der Waals surface area contributed by atoms with Crippen molar-refractivity contribution in [1.82, 2.24) is 0 Å². The van der Waals surface area contributed by atoms with Crippen LogP contribution in [0.5, 0.6) is 0 Å². The van der Waals surface area contributed by atoms with Crippen LogP contribution in [0.1, 0.15) is 12.0 Å². The fourth-order valence-corrected chi connectivity index (χ4v) is 1.11. The molecule has 3 heteroatoms. The molecule has 0 aliphatic rings. The summed E-state index contributed by atoms with van der Waals surface area (Å²) >= 11 is 5.79. The normalized spacial score (nSPS) is 11.0. The van der Waals surface area contributed by atoms with Crippen molar-refractivity contribution in [3.05, 3.63) is 40.7 Å². The van der Waals surface area contributed by atoms with E-state index in [4.69, 9.17) is 16.7 Å². The number of rotatable bonds is 3. The molecule has 0 aromatic heterocycles. The minimum atomic E-state index is -0.312. The Hall–Kier alpha value is -0.860. The van der Waals surface area contributed by atoms with E-state index in [1.54, 1.807) is 12.2 Å². The fourth-order valence-electron chi connectivity index (χ4n) is 0.927. The predicted molar refractivity (Wildman–Crippen MR) is 52.1 cm³/mol. The standard InChI is InChI=1S/C10H10ClFO/c11-10-5-4-9(12)7-8(10)3-1-2-6-13/h1,3-5,7,13H,2,6H2. The molecular weight excluding hydrogens is 191 g/mol. The average Bonchev–Trinajstić information content (AvgIpc) is 2.11. The van der Waals surface area contributed by atoms with Crippen LogP contribution in [0, 0.1) is 5.82 Å². The van der Waals surface area contributed by atoms with Crippen molar-refractivity contribution < 1.29 is 9.50 Å². The van der Waals surface area contributed by atoms with Crippen molar-refractivity contribution in [2.24, 2.45) is 0 Å². The van der Waals surface area contributed by atoms with Gasteiger partial charge in [-0.05, 0) is 30.2 Å². The van der Waals surface area contributed by atoms with E-state index >= 15 is 0 Å². The lowest BCUT2D eigenvalue weighted by atomic mass is 10.2. The summed E-state index contributed by atoms with van der Waals surface area (Å²) in [6, 6.07) is 4.18. The average molecular weight is 201 g/mol. The highest BCUT2D eigenvalue weighted by molar-refractivity contribution is 6.32. The molecule has 0 saturated heterocycles. The number of hydrogen-bond donors (Lipinski definition) is 1. The summed E-state index contributed by atoms with van der Waals surface area (Å²) < 4.78 is 12.7. The van der Waals surface area contributed by atoms with Gasteiger partial charge in [-0.2, -0.15) is 0 Å². The molecule has 0 radical (unpaired) electrons. The van der Waals surface area contributed by atoms with Gasteiger partial charge in [0.15, 0.2) is 0 Å². The number of aliphatic hydroxyl groups excluding tert-OH is 1. The van der Waals surface area contributed by atoms with Crippen molar-refractivity contribution in [3.8, 4) is 0 Å². The van der Waals surface area contributed by atoms with Gasteiger partial charge in [-0.3, -0.25) is 0 Å². The quantitative estimate of drug-likeness (QED) is 0.796. The molecule has 0 spiro atoms. The van der Waals surface area contributed by atoms with E-state index in [0.29, 0.717) is 17.0 Å². The summed E-state index contributed by atoms with van der Waals surface area (Å²) in [4.78, 5) is 0. The molecule has 0 heterocycles. The minimum Gasteiger partial charge on any atom is -0.396 e. The summed E-state index contributed by atoms with van der Waals surface area (Å²) in [5.41, 5.74) is 0.634. The van der Waals surface area contributed by atoms with Crippen molar-refractivity contribution >= 4 is 17.7 Å². The van der Waals surface area contributed by atoms with Crippen LogP contribution in [0.2, 0.25) is 5.02 Å². The Morgan fingerprint density at radius 1 is 1.46 bits per heavy atom. The zero-order valence-corrected chi connectivity index (χ0v) is 7.76. The Kier molecular flexibility index (Phi) is 3.93. The second-order valence-electron chi connectivity index (χ2n) is 2.58. The van der Waals surface area contributed by atoms with Crippen LogP contribution in [0.3, 0.4) is 0 Å². The topological polar surface area (TPSA) is 20.2 Å². The highest BCUT2D eigenvalue weighted by Crippen LogP contribution is 2.18. The van der Waals surface area contributed by atoms with E-state index in [0.717, 1.165) is 0 Å². The van der Waals surface area contributed by atoms with Gasteiger partial charge in [-0.1, -0.05) is 23.8 Å². The monoisotopic (exact) mass is 200 g/mol. The van der Waals surface area contributed by atoms with Gasteiger partial charge in [0.2, 0.25) is 0 Å². The summed E-state index contributed by atoms with van der Waals surface area (Å²) in [5.74, 6) is -0.312. The lowest BCUT2D eigenvalue weighted by molar-refractivity contribution is 0.303. The smallest absolute Gasteiger partial charge is 0.123 e. The molecule has 0 bridgehead atoms. The van der Waals surface area contributed by atoms with Gasteiger partial charge < -0.3 is 5.11 Å². The Labute approximate surface area is 81.5 Å². The van der Waals surface area contributed by atoms with E-state index in [-0.39, 0.29) is 12.4 Å². The van der Waals surface area contributed by atoms with Crippen LogP contribution in [0.4, 0.5) is 4.39 Å². The highest BCUT2D eigenvalue weighted by Gasteiger charge is 1.97. The van der Waals surface area contributed by atoms with Gasteiger partial charge >= 0.3 is 0 Å². The first-order chi connectivity index (χ1) is 6.24. The molecule has 1 nitrogen and oxygen atoms in total. The predicted octanol–water partition coefficient (Wildman–Crippen LogP) is 2.87. The maximum absolute atomic E-state index is 12.7. The summed E-state index contributed by atoms with van der Waals surface area (Å²) in [5, 5.41) is 9.02. The van der Waals surface area contributed by atoms with Gasteiger partial charge in [0.25, 0.3) is 0 Å². The molecular formula is C10H10ClFO. The van der Waals surface area contributed by atoms with Gasteiger partial charge in [0, 0.05) is 11.6 Å². The largest absolute Gasteiger partial charge is 0.396 e. The number of halogens is 2. The maximum Gasteiger partial charge on any atom is 0.123 e. The first-order valence-corrected chi connectivity index (χ1v) is 4.34. The minimum absolute atomic E-state index is 0.0867. The molecule has 1 aromatic carbocycles. The van der Waals surface area contributed by atoms with E-state index in [9.17, 15) is 4.39 Å². The Morgan fingerprint density at radius 3 is 2.92 bits per heavy atom. The number of hydrogen-bond acceptors (Lipinski definition) is 1. The van der Waals surface area contributed by atoms with Crippen LogP contribution < -0.4 is 0 Å². The van der Waals surface area contributed by atoms with E-state index in [1.807, 2.05) is 0 Å². The molecule has 0 amide bonds. The van der Waals surface area contributed by atoms with Gasteiger partial charge in [-0.15, -0.1) is 0 Å². The molecule has 1 N–H and O–H groups in total. The summed E-state index contributed by atoms with van der Waals surface area (Å²) in [6.45, 7) is 0.0867. The van der Waals surface area contributed by atoms with Crippen molar-refractivity contribution in [3.63, 3.8) is 0 Å². The second-order valence-corrected chi connectivity index (χ2v) is 2.99. The summed E-state index contributed by atoms with van der Waals surface area (Å²) in [7, 11) is 0. The SMILES string of the molecule is OCCC=Cc1cc(F)ccc1Cl. The molecule has 1 rings (SSSR count). The van der Waals surface area contributed by atoms with Crippen molar-refractivity contribution in [1.29, 1.82) is 0 Å². The fraction of sp³-hybridized carbons (Fsp3) is 0.200. The maximum atomic E-state index is 12.7. The van der Waals surface area contributed by atoms with Crippen LogP contribution in [-0.2, 0) is 0 Å². The molecule has 0 aliphatic carbocycles. The lowest BCUT2D eigenvalue weighted by Gasteiger charge is -1.97. The zero-order chi connectivity index (χ0) is 9.68. The van der Waals surface area contributed by atoms with Gasteiger partial charge in [0.05, 0.1) is 0 Å². The molecule has 70 valence electrons. The van der Waals surface area contributed by atoms with E-state index in [1.165, 1.54) is 18.2 Å². The second kappa shape index (κ2) is 5.00. The first-order valence-electron chi connectivity index (χ1n) is 3.96. The van der Waals surface area contributed by atoms with E-state index in [2.05, 4.69) is 0 Å². The molecule has 0 fully saturated rings. The molecule has 0 saturated carbocycles. The third-order valence-electron chi connectivity index (χ3n) is 1.55. The van der Waals surface area contributed by atoms with Gasteiger partial charge in [0.1, 0.15) is 5.82 Å². The van der Waals surface area contributed by atoms with Crippen LogP contribution >= 0.6 is 11.6 Å². The lowest BCUT2D eigenvalue weighted by Crippen LogP contribution is -1.80. The third-order valence-corrected chi connectivity index (χ3v) is 1.90. The van der Waals surface area contributed by atoms with Crippen LogP contribution in [0.25, 0.3) is 6.08 Å². The highest BCUT2D eigenvalue weighted by atomic mass is 35.5. The molecule has 0 aliphatic heterocycles. The molecule has 13 heavy (non-hydrogen) atoms.